The Balaban J connectivity index is 0. The van der Waals surface area contributed by atoms with Crippen LogP contribution in [-0.2, 0) is 0 Å². The van der Waals surface area contributed by atoms with Crippen molar-refractivity contribution in [2.24, 2.45) is 0 Å². The molecule has 0 saturated carbocycles. The van der Waals surface area contributed by atoms with Crippen LogP contribution in [0.4, 0.5) is 0 Å². The molecule has 0 bridgehead atoms. The van der Waals surface area contributed by atoms with Gasteiger partial charge in [0.25, 0.3) is 0 Å². The van der Waals surface area contributed by atoms with Crippen LogP contribution in [0.1, 0.15) is 13.8 Å². The van der Waals surface area contributed by atoms with Crippen molar-refractivity contribution >= 4 is 0 Å². The average Bonchev–Trinajstić information content (AvgIpc) is 1.36. The summed E-state index contributed by atoms with van der Waals surface area (Å²) in [6.07, 6.45) is 0. The van der Waals surface area contributed by atoms with Crippen LogP contribution in [0.25, 0.3) is 0 Å². The first-order valence-corrected chi connectivity index (χ1v) is 1.68. The molecule has 3 heteroatoms. The van der Waals surface area contributed by atoms with E-state index in [1.54, 1.807) is 13.8 Å². The normalized spacial score (nSPS) is 6.57. The van der Waals surface area contributed by atoms with Crippen molar-refractivity contribution in [3.05, 3.63) is 11.5 Å². The molecule has 0 aromatic carbocycles. The molecule has 0 unspecified atom stereocenters. The van der Waals surface area contributed by atoms with Gasteiger partial charge in [-0.25, -0.2) is 0 Å². The van der Waals surface area contributed by atoms with Crippen LogP contribution < -0.4 is 24.0 Å². The fourth-order valence-electron chi connectivity index (χ4n) is 0. The molecule has 0 radical (unpaired) electrons. The molecule has 0 rings (SSSR count). The fourth-order valence-corrected chi connectivity index (χ4v) is 0. The summed E-state index contributed by atoms with van der Waals surface area (Å²) in [5.74, 6) is -0.824. The molecule has 1 N–H and O–H groups in total. The molecule has 0 aliphatic rings. The number of rotatable bonds is 0. The molecule has 0 aromatic rings. The Morgan fingerprint density at radius 2 is 1.57 bits per heavy atom. The minimum Gasteiger partial charge on any atom is -0.629 e. The van der Waals surface area contributed by atoms with E-state index in [-0.39, 0.29) is 18.9 Å². The van der Waals surface area contributed by atoms with Crippen molar-refractivity contribution in [1.29, 1.82) is 0 Å². The molecule has 0 saturated heterocycles. The third-order valence-electron chi connectivity index (χ3n) is 0.428. The standard InChI is InChI=1S/C4H8O2.Li/c1-3(2)4(5)6;/h5-6H,1-2H3;/q;+1/p-1. The Labute approximate surface area is 55.0 Å². The number of hydrogen-bond donors (Lipinski definition) is 1. The Bertz CT molecular complexity index is 59.8. The van der Waals surface area contributed by atoms with Crippen LogP contribution >= 0.6 is 0 Å². The van der Waals surface area contributed by atoms with Crippen molar-refractivity contribution < 1.29 is 29.1 Å². The Kier molecular flexibility index (Phi) is 5.88. The van der Waals surface area contributed by atoms with Crippen molar-refractivity contribution in [2.75, 3.05) is 0 Å². The summed E-state index contributed by atoms with van der Waals surface area (Å²) in [4.78, 5) is 0. The number of hydrogen-bond acceptors (Lipinski definition) is 2. The molecule has 0 atom stereocenters. The first-order valence-electron chi connectivity index (χ1n) is 1.68. The molecule has 7 heavy (non-hydrogen) atoms. The van der Waals surface area contributed by atoms with Gasteiger partial charge in [0.05, 0.1) is 0 Å². The van der Waals surface area contributed by atoms with Gasteiger partial charge in [-0.1, -0.05) is 5.57 Å². The fraction of sp³-hybridized carbons (Fsp3) is 0.500. The van der Waals surface area contributed by atoms with Gasteiger partial charge in [-0.15, -0.1) is 0 Å². The quantitative estimate of drug-likeness (QED) is 0.259. The maximum Gasteiger partial charge on any atom is 1.00 e. The molecule has 0 aliphatic heterocycles. The molecular formula is C4H7LiO2. The summed E-state index contributed by atoms with van der Waals surface area (Å²) in [6, 6.07) is 0. The van der Waals surface area contributed by atoms with E-state index >= 15 is 0 Å². The summed E-state index contributed by atoms with van der Waals surface area (Å²) in [6.45, 7) is 3.12. The first-order chi connectivity index (χ1) is 2.64. The van der Waals surface area contributed by atoms with Crippen molar-refractivity contribution in [2.45, 2.75) is 13.8 Å². The molecule has 0 amide bonds. The van der Waals surface area contributed by atoms with Gasteiger partial charge in [-0.3, -0.25) is 0 Å². The maximum absolute atomic E-state index is 9.66. The second-order valence-corrected chi connectivity index (χ2v) is 1.31. The van der Waals surface area contributed by atoms with Gasteiger partial charge in [0.15, 0.2) is 0 Å². The van der Waals surface area contributed by atoms with Gasteiger partial charge < -0.3 is 10.2 Å². The zero-order chi connectivity index (χ0) is 5.15. The molecule has 36 valence electrons. The second kappa shape index (κ2) is 4.11. The van der Waals surface area contributed by atoms with Crippen LogP contribution in [0.2, 0.25) is 0 Å². The largest absolute Gasteiger partial charge is 1.00 e. The summed E-state index contributed by atoms with van der Waals surface area (Å²) in [5, 5.41) is 17.6. The van der Waals surface area contributed by atoms with Crippen LogP contribution in [0, 0.1) is 0 Å². The van der Waals surface area contributed by atoms with Gasteiger partial charge in [-0.2, -0.15) is 0 Å². The van der Waals surface area contributed by atoms with E-state index in [4.69, 9.17) is 5.11 Å². The van der Waals surface area contributed by atoms with Crippen LogP contribution in [0.15, 0.2) is 11.5 Å². The van der Waals surface area contributed by atoms with Crippen LogP contribution in [0.5, 0.6) is 0 Å². The van der Waals surface area contributed by atoms with Gasteiger partial charge in [0.2, 0.25) is 0 Å². The first kappa shape index (κ1) is 10.0. The summed E-state index contributed by atoms with van der Waals surface area (Å²) in [5.41, 5.74) is 0.426. The van der Waals surface area contributed by atoms with Gasteiger partial charge in [-0.05, 0) is 13.8 Å². The number of aliphatic hydroxyl groups is 1. The van der Waals surface area contributed by atoms with Gasteiger partial charge in [0, 0.05) is 5.95 Å². The average molecular weight is 94.0 g/mol. The summed E-state index contributed by atoms with van der Waals surface area (Å²) >= 11 is 0. The van der Waals surface area contributed by atoms with Crippen molar-refractivity contribution in [3.8, 4) is 0 Å². The van der Waals surface area contributed by atoms with Crippen LogP contribution in [0.3, 0.4) is 0 Å². The predicted octanol–water partition coefficient (Wildman–Crippen LogP) is -2.84. The molecule has 0 spiro atoms. The molecule has 0 aromatic heterocycles. The summed E-state index contributed by atoms with van der Waals surface area (Å²) < 4.78 is 0. The molecule has 2 nitrogen and oxygen atoms in total. The zero-order valence-electron chi connectivity index (χ0n) is 4.86. The van der Waals surface area contributed by atoms with Gasteiger partial charge in [0.1, 0.15) is 0 Å². The second-order valence-electron chi connectivity index (χ2n) is 1.31. The topological polar surface area (TPSA) is 43.3 Å². The van der Waals surface area contributed by atoms with E-state index < -0.39 is 5.95 Å². The maximum atomic E-state index is 9.66. The summed E-state index contributed by atoms with van der Waals surface area (Å²) in [7, 11) is 0. The smallest absolute Gasteiger partial charge is 0.629 e. The van der Waals surface area contributed by atoms with E-state index in [1.165, 1.54) is 0 Å². The Morgan fingerprint density at radius 1 is 1.43 bits per heavy atom. The zero-order valence-corrected chi connectivity index (χ0v) is 4.86. The predicted molar refractivity (Wildman–Crippen MR) is 21.0 cm³/mol. The van der Waals surface area contributed by atoms with E-state index in [0.717, 1.165) is 0 Å². The van der Waals surface area contributed by atoms with Crippen LogP contribution in [-0.4, -0.2) is 5.11 Å². The molecule has 0 aliphatic carbocycles. The minimum atomic E-state index is -0.824. The number of allylic oxidation sites excluding steroid dienone is 1. The third-order valence-corrected chi connectivity index (χ3v) is 0.428. The monoisotopic (exact) mass is 94.1 g/mol. The van der Waals surface area contributed by atoms with E-state index in [0.29, 0.717) is 5.57 Å². The van der Waals surface area contributed by atoms with E-state index in [9.17, 15) is 5.11 Å². The number of aliphatic hydroxyl groups excluding tert-OH is 1. The SMILES string of the molecule is CC(C)=C([O-])O.[Li+]. The van der Waals surface area contributed by atoms with Crippen molar-refractivity contribution in [1.82, 2.24) is 0 Å². The third kappa shape index (κ3) is 5.94. The Morgan fingerprint density at radius 3 is 1.57 bits per heavy atom. The Hall–Kier alpha value is -0.0626. The van der Waals surface area contributed by atoms with E-state index in [1.807, 2.05) is 0 Å². The molecule has 0 fully saturated rings. The minimum absolute atomic E-state index is 0. The molecular weight excluding hydrogens is 87.0 g/mol. The van der Waals surface area contributed by atoms with Gasteiger partial charge >= 0.3 is 18.9 Å². The molecule has 0 heterocycles. The van der Waals surface area contributed by atoms with E-state index in [2.05, 4.69) is 0 Å². The van der Waals surface area contributed by atoms with Crippen molar-refractivity contribution in [3.63, 3.8) is 0 Å².